The standard InChI is InChI=1S/C15H23NS/c1-2-12-8-9-14(16)15(10-12)17-11-13-6-4-3-5-7-13/h3-7,12,14-15H,2,8-11,16H2,1H3. The molecule has 2 N–H and O–H groups in total. The van der Waals surface area contributed by atoms with Gasteiger partial charge < -0.3 is 5.73 Å². The van der Waals surface area contributed by atoms with Crippen LogP contribution in [0.4, 0.5) is 0 Å². The molecule has 0 bridgehead atoms. The Hall–Kier alpha value is -0.470. The van der Waals surface area contributed by atoms with Gasteiger partial charge in [-0.05, 0) is 30.7 Å². The molecule has 94 valence electrons. The van der Waals surface area contributed by atoms with Crippen LogP contribution >= 0.6 is 11.8 Å². The number of hydrogen-bond acceptors (Lipinski definition) is 2. The van der Waals surface area contributed by atoms with E-state index >= 15 is 0 Å². The second-order valence-corrected chi connectivity index (χ2v) is 6.31. The minimum absolute atomic E-state index is 0.409. The van der Waals surface area contributed by atoms with Crippen molar-refractivity contribution in [2.75, 3.05) is 0 Å². The zero-order chi connectivity index (χ0) is 12.1. The summed E-state index contributed by atoms with van der Waals surface area (Å²) >= 11 is 2.05. The first-order chi connectivity index (χ1) is 8.29. The molecule has 0 heterocycles. The van der Waals surface area contributed by atoms with Crippen molar-refractivity contribution in [3.8, 4) is 0 Å². The highest BCUT2D eigenvalue weighted by atomic mass is 32.2. The van der Waals surface area contributed by atoms with Crippen molar-refractivity contribution in [3.63, 3.8) is 0 Å². The van der Waals surface area contributed by atoms with E-state index in [1.807, 2.05) is 0 Å². The molecule has 1 nitrogen and oxygen atoms in total. The van der Waals surface area contributed by atoms with Crippen LogP contribution in [0.2, 0.25) is 0 Å². The predicted octanol–water partition coefficient (Wildman–Crippen LogP) is 3.83. The minimum atomic E-state index is 0.409. The Balaban J connectivity index is 1.85. The minimum Gasteiger partial charge on any atom is -0.327 e. The van der Waals surface area contributed by atoms with Crippen LogP contribution in [-0.2, 0) is 5.75 Å². The van der Waals surface area contributed by atoms with Crippen LogP contribution in [0.3, 0.4) is 0 Å². The molecule has 0 saturated heterocycles. The third-order valence-electron chi connectivity index (χ3n) is 3.84. The molecule has 1 fully saturated rings. The second kappa shape index (κ2) is 6.46. The van der Waals surface area contributed by atoms with Crippen molar-refractivity contribution < 1.29 is 0 Å². The maximum Gasteiger partial charge on any atom is 0.0204 e. The van der Waals surface area contributed by atoms with Crippen molar-refractivity contribution >= 4 is 11.8 Å². The lowest BCUT2D eigenvalue weighted by atomic mass is 9.84. The molecule has 0 radical (unpaired) electrons. The van der Waals surface area contributed by atoms with Crippen LogP contribution in [0, 0.1) is 5.92 Å². The van der Waals surface area contributed by atoms with Crippen molar-refractivity contribution in [1.29, 1.82) is 0 Å². The SMILES string of the molecule is CCC1CCC(N)C(SCc2ccccc2)C1. The van der Waals surface area contributed by atoms with Gasteiger partial charge >= 0.3 is 0 Å². The van der Waals surface area contributed by atoms with E-state index in [-0.39, 0.29) is 0 Å². The molecule has 0 aromatic heterocycles. The van der Waals surface area contributed by atoms with E-state index in [4.69, 9.17) is 5.73 Å². The Morgan fingerprint density at radius 3 is 2.71 bits per heavy atom. The average Bonchev–Trinajstić information content (AvgIpc) is 2.39. The lowest BCUT2D eigenvalue weighted by molar-refractivity contribution is 0.327. The van der Waals surface area contributed by atoms with E-state index in [1.54, 1.807) is 0 Å². The summed E-state index contributed by atoms with van der Waals surface area (Å²) in [6, 6.07) is 11.1. The fourth-order valence-corrected chi connectivity index (χ4v) is 3.97. The van der Waals surface area contributed by atoms with Crippen molar-refractivity contribution in [2.45, 2.75) is 49.7 Å². The Morgan fingerprint density at radius 1 is 1.24 bits per heavy atom. The summed E-state index contributed by atoms with van der Waals surface area (Å²) in [6.07, 6.45) is 5.18. The number of benzene rings is 1. The quantitative estimate of drug-likeness (QED) is 0.877. The summed E-state index contributed by atoms with van der Waals surface area (Å²) in [7, 11) is 0. The molecular weight excluding hydrogens is 226 g/mol. The van der Waals surface area contributed by atoms with Gasteiger partial charge in [0.05, 0.1) is 0 Å². The third kappa shape index (κ3) is 3.75. The summed E-state index contributed by atoms with van der Waals surface area (Å²) in [6.45, 7) is 2.31. The number of thioether (sulfide) groups is 1. The van der Waals surface area contributed by atoms with E-state index < -0.39 is 0 Å². The molecule has 0 aliphatic heterocycles. The van der Waals surface area contributed by atoms with Gasteiger partial charge in [0.1, 0.15) is 0 Å². The third-order valence-corrected chi connectivity index (χ3v) is 5.31. The molecule has 1 saturated carbocycles. The van der Waals surface area contributed by atoms with Crippen molar-refractivity contribution in [1.82, 2.24) is 0 Å². The van der Waals surface area contributed by atoms with E-state index in [0.29, 0.717) is 11.3 Å². The molecule has 1 aromatic carbocycles. The van der Waals surface area contributed by atoms with Gasteiger partial charge in [-0.3, -0.25) is 0 Å². The molecule has 2 heteroatoms. The highest BCUT2D eigenvalue weighted by Crippen LogP contribution is 2.34. The first-order valence-electron chi connectivity index (χ1n) is 6.70. The molecule has 1 aromatic rings. The number of hydrogen-bond donors (Lipinski definition) is 1. The van der Waals surface area contributed by atoms with Crippen molar-refractivity contribution in [3.05, 3.63) is 35.9 Å². The summed E-state index contributed by atoms with van der Waals surface area (Å²) in [4.78, 5) is 0. The average molecular weight is 249 g/mol. The van der Waals surface area contributed by atoms with Crippen molar-refractivity contribution in [2.24, 2.45) is 11.7 Å². The Labute approximate surface area is 109 Å². The van der Waals surface area contributed by atoms with E-state index in [0.717, 1.165) is 11.7 Å². The summed E-state index contributed by atoms with van der Waals surface area (Å²) in [5.41, 5.74) is 7.66. The number of rotatable bonds is 4. The Bertz CT molecular complexity index is 325. The van der Waals surface area contributed by atoms with Crippen LogP contribution in [-0.4, -0.2) is 11.3 Å². The maximum absolute atomic E-state index is 6.24. The Kier molecular flexibility index (Phi) is 4.93. The first kappa shape index (κ1) is 13.0. The van der Waals surface area contributed by atoms with Gasteiger partial charge in [0.2, 0.25) is 0 Å². The van der Waals surface area contributed by atoms with Gasteiger partial charge in [-0.25, -0.2) is 0 Å². The van der Waals surface area contributed by atoms with Gasteiger partial charge in [-0.15, -0.1) is 0 Å². The molecule has 17 heavy (non-hydrogen) atoms. The monoisotopic (exact) mass is 249 g/mol. The van der Waals surface area contributed by atoms with Gasteiger partial charge in [0, 0.05) is 17.0 Å². The van der Waals surface area contributed by atoms with Gasteiger partial charge in [-0.2, -0.15) is 11.8 Å². The van der Waals surface area contributed by atoms with Crippen LogP contribution in [0.5, 0.6) is 0 Å². The van der Waals surface area contributed by atoms with E-state index in [9.17, 15) is 0 Å². The van der Waals surface area contributed by atoms with E-state index in [1.165, 1.54) is 31.2 Å². The molecule has 3 atom stereocenters. The largest absolute Gasteiger partial charge is 0.327 e. The summed E-state index contributed by atoms with van der Waals surface area (Å²) in [5, 5.41) is 0.661. The topological polar surface area (TPSA) is 26.0 Å². The van der Waals surface area contributed by atoms with Crippen LogP contribution < -0.4 is 5.73 Å². The summed E-state index contributed by atoms with van der Waals surface area (Å²) in [5.74, 6) is 2.01. The maximum atomic E-state index is 6.24. The second-order valence-electron chi connectivity index (χ2n) is 5.09. The normalized spacial score (nSPS) is 29.2. The smallest absolute Gasteiger partial charge is 0.0204 e. The molecule has 1 aliphatic carbocycles. The van der Waals surface area contributed by atoms with Crippen LogP contribution in [0.25, 0.3) is 0 Å². The van der Waals surface area contributed by atoms with Gasteiger partial charge in [0.15, 0.2) is 0 Å². The highest BCUT2D eigenvalue weighted by molar-refractivity contribution is 7.99. The van der Waals surface area contributed by atoms with Gasteiger partial charge in [0.25, 0.3) is 0 Å². The summed E-state index contributed by atoms with van der Waals surface area (Å²) < 4.78 is 0. The Morgan fingerprint density at radius 2 is 2.00 bits per heavy atom. The van der Waals surface area contributed by atoms with Crippen LogP contribution in [0.15, 0.2) is 30.3 Å². The lowest BCUT2D eigenvalue weighted by Crippen LogP contribution is -2.38. The number of nitrogens with two attached hydrogens (primary N) is 1. The molecule has 3 unspecified atom stereocenters. The zero-order valence-corrected chi connectivity index (χ0v) is 11.5. The molecule has 2 rings (SSSR count). The lowest BCUT2D eigenvalue weighted by Gasteiger charge is -2.33. The molecule has 0 spiro atoms. The highest BCUT2D eigenvalue weighted by Gasteiger charge is 2.27. The molecule has 1 aliphatic rings. The van der Waals surface area contributed by atoms with E-state index in [2.05, 4.69) is 49.0 Å². The fraction of sp³-hybridized carbons (Fsp3) is 0.600. The molecular formula is C15H23NS. The molecule has 0 amide bonds. The zero-order valence-electron chi connectivity index (χ0n) is 10.6. The van der Waals surface area contributed by atoms with Crippen LogP contribution in [0.1, 0.15) is 38.2 Å². The fourth-order valence-electron chi connectivity index (χ4n) is 2.58. The first-order valence-corrected chi connectivity index (χ1v) is 7.75. The van der Waals surface area contributed by atoms with Gasteiger partial charge in [-0.1, -0.05) is 43.7 Å². The predicted molar refractivity (Wildman–Crippen MR) is 77.1 cm³/mol.